The number of nitrogens with zero attached hydrogens (tertiary/aromatic N) is 4. The van der Waals surface area contributed by atoms with Gasteiger partial charge >= 0.3 is 0 Å². The van der Waals surface area contributed by atoms with E-state index in [1.54, 1.807) is 6.20 Å². The normalized spacial score (nSPS) is 10.9. The molecule has 5 heteroatoms. The lowest BCUT2D eigenvalue weighted by molar-refractivity contribution is 1.13. The maximum atomic E-state index is 5.86. The Hall–Kier alpha value is -1.94. The van der Waals surface area contributed by atoms with Crippen molar-refractivity contribution in [1.29, 1.82) is 0 Å². The van der Waals surface area contributed by atoms with Crippen LogP contribution in [0.5, 0.6) is 0 Å². The fraction of sp³-hybridized carbons (Fsp3) is 0.0833. The molecule has 4 nitrogen and oxygen atoms in total. The number of aromatic nitrogens is 4. The molecule has 0 bridgehead atoms. The molecule has 0 aliphatic carbocycles. The summed E-state index contributed by atoms with van der Waals surface area (Å²) in [6, 6.07) is 5.86. The first-order chi connectivity index (χ1) is 8.25. The fourth-order valence-corrected chi connectivity index (χ4v) is 2.03. The lowest BCUT2D eigenvalue weighted by Crippen LogP contribution is -1.92. The van der Waals surface area contributed by atoms with Crippen LogP contribution in [0.2, 0.25) is 5.15 Å². The minimum atomic E-state index is 0.382. The van der Waals surface area contributed by atoms with Gasteiger partial charge in [0.05, 0.1) is 23.8 Å². The predicted octanol–water partition coefficient (Wildman–Crippen LogP) is 2.75. The molecule has 3 aromatic heterocycles. The van der Waals surface area contributed by atoms with E-state index in [-0.39, 0.29) is 0 Å². The Balaban J connectivity index is 2.33. The molecule has 0 fully saturated rings. The van der Waals surface area contributed by atoms with Gasteiger partial charge in [-0.15, -0.1) is 0 Å². The van der Waals surface area contributed by atoms with E-state index < -0.39 is 0 Å². The quantitative estimate of drug-likeness (QED) is 0.661. The van der Waals surface area contributed by atoms with E-state index in [1.807, 2.05) is 35.7 Å². The second kappa shape index (κ2) is 3.82. The van der Waals surface area contributed by atoms with Crippen molar-refractivity contribution in [2.75, 3.05) is 0 Å². The van der Waals surface area contributed by atoms with Crippen molar-refractivity contribution >= 4 is 17.2 Å². The van der Waals surface area contributed by atoms with Crippen LogP contribution < -0.4 is 0 Å². The van der Waals surface area contributed by atoms with Crippen LogP contribution in [-0.2, 0) is 0 Å². The van der Waals surface area contributed by atoms with Gasteiger partial charge in [-0.05, 0) is 19.1 Å². The zero-order chi connectivity index (χ0) is 11.8. The highest BCUT2D eigenvalue weighted by atomic mass is 35.5. The Morgan fingerprint density at radius 2 is 2.06 bits per heavy atom. The van der Waals surface area contributed by atoms with Crippen molar-refractivity contribution in [3.8, 4) is 11.4 Å². The molecule has 3 aromatic rings. The van der Waals surface area contributed by atoms with Crippen molar-refractivity contribution in [3.05, 3.63) is 47.6 Å². The molecular formula is C12H9ClN4. The second-order valence-corrected chi connectivity index (χ2v) is 4.09. The SMILES string of the molecule is Cc1nc2ccccn2c1-c1cncc(Cl)n1. The molecule has 0 amide bonds. The second-order valence-electron chi connectivity index (χ2n) is 3.70. The molecule has 17 heavy (non-hydrogen) atoms. The van der Waals surface area contributed by atoms with Gasteiger partial charge in [0.25, 0.3) is 0 Å². The monoisotopic (exact) mass is 244 g/mol. The summed E-state index contributed by atoms with van der Waals surface area (Å²) in [6.45, 7) is 1.95. The number of aryl methyl sites for hydroxylation is 1. The van der Waals surface area contributed by atoms with E-state index in [0.29, 0.717) is 5.15 Å². The van der Waals surface area contributed by atoms with Gasteiger partial charge in [-0.3, -0.25) is 9.38 Å². The molecule has 3 heterocycles. The average molecular weight is 245 g/mol. The molecular weight excluding hydrogens is 236 g/mol. The van der Waals surface area contributed by atoms with Gasteiger partial charge in [0.1, 0.15) is 16.5 Å². The molecule has 0 unspecified atom stereocenters. The largest absolute Gasteiger partial charge is 0.298 e. The minimum Gasteiger partial charge on any atom is -0.298 e. The molecule has 0 saturated carbocycles. The summed E-state index contributed by atoms with van der Waals surface area (Å²) in [5.74, 6) is 0. The summed E-state index contributed by atoms with van der Waals surface area (Å²) in [5.41, 5.74) is 3.46. The molecule has 0 aliphatic heterocycles. The highest BCUT2D eigenvalue weighted by Gasteiger charge is 2.12. The van der Waals surface area contributed by atoms with Crippen LogP contribution in [-0.4, -0.2) is 19.4 Å². The Bertz CT molecular complexity index is 690. The van der Waals surface area contributed by atoms with E-state index in [9.17, 15) is 0 Å². The van der Waals surface area contributed by atoms with Crippen molar-refractivity contribution in [2.24, 2.45) is 0 Å². The summed E-state index contributed by atoms with van der Waals surface area (Å²) in [7, 11) is 0. The number of hydrogen-bond acceptors (Lipinski definition) is 3. The molecule has 0 spiro atoms. The first-order valence-corrected chi connectivity index (χ1v) is 5.55. The maximum Gasteiger partial charge on any atom is 0.148 e. The number of fused-ring (bicyclic) bond motifs is 1. The van der Waals surface area contributed by atoms with Gasteiger partial charge in [-0.1, -0.05) is 17.7 Å². The van der Waals surface area contributed by atoms with E-state index in [2.05, 4.69) is 15.0 Å². The van der Waals surface area contributed by atoms with Crippen molar-refractivity contribution in [3.63, 3.8) is 0 Å². The Kier molecular flexibility index (Phi) is 2.30. The molecule has 84 valence electrons. The fourth-order valence-electron chi connectivity index (χ4n) is 1.88. The van der Waals surface area contributed by atoms with Gasteiger partial charge in [0.2, 0.25) is 0 Å². The molecule has 0 N–H and O–H groups in total. The smallest absolute Gasteiger partial charge is 0.148 e. The van der Waals surface area contributed by atoms with Crippen molar-refractivity contribution in [2.45, 2.75) is 6.92 Å². The lowest BCUT2D eigenvalue weighted by Gasteiger charge is -2.01. The maximum absolute atomic E-state index is 5.86. The highest BCUT2D eigenvalue weighted by Crippen LogP contribution is 2.23. The first-order valence-electron chi connectivity index (χ1n) is 5.17. The topological polar surface area (TPSA) is 43.1 Å². The van der Waals surface area contributed by atoms with Crippen LogP contribution in [0, 0.1) is 6.92 Å². The number of imidazole rings is 1. The number of halogens is 1. The third-order valence-electron chi connectivity index (χ3n) is 2.55. The van der Waals surface area contributed by atoms with Gasteiger partial charge in [0, 0.05) is 6.20 Å². The van der Waals surface area contributed by atoms with E-state index in [1.165, 1.54) is 6.20 Å². The average Bonchev–Trinajstić information content (AvgIpc) is 2.64. The summed E-state index contributed by atoms with van der Waals surface area (Å²) in [4.78, 5) is 12.8. The zero-order valence-electron chi connectivity index (χ0n) is 9.13. The lowest BCUT2D eigenvalue weighted by atomic mass is 10.2. The summed E-state index contributed by atoms with van der Waals surface area (Å²) < 4.78 is 1.98. The van der Waals surface area contributed by atoms with Gasteiger partial charge in [-0.2, -0.15) is 0 Å². The first kappa shape index (κ1) is 10.2. The predicted molar refractivity (Wildman–Crippen MR) is 66.0 cm³/mol. The van der Waals surface area contributed by atoms with Crippen molar-refractivity contribution in [1.82, 2.24) is 19.4 Å². The standard InChI is InChI=1S/C12H9ClN4/c1-8-12(9-6-14-7-10(13)16-9)17-5-3-2-4-11(17)15-8/h2-7H,1H3. The molecule has 0 aromatic carbocycles. The van der Waals surface area contributed by atoms with E-state index in [0.717, 1.165) is 22.7 Å². The van der Waals surface area contributed by atoms with Crippen LogP contribution >= 0.6 is 11.6 Å². The molecule has 0 aliphatic rings. The molecule has 0 atom stereocenters. The third kappa shape index (κ3) is 1.66. The minimum absolute atomic E-state index is 0.382. The number of pyridine rings is 1. The summed E-state index contributed by atoms with van der Waals surface area (Å²) in [5, 5.41) is 0.382. The molecule has 0 radical (unpaired) electrons. The summed E-state index contributed by atoms with van der Waals surface area (Å²) in [6.07, 6.45) is 5.16. The van der Waals surface area contributed by atoms with Gasteiger partial charge in [-0.25, -0.2) is 9.97 Å². The van der Waals surface area contributed by atoms with E-state index >= 15 is 0 Å². The van der Waals surface area contributed by atoms with Crippen LogP contribution in [0.25, 0.3) is 17.0 Å². The van der Waals surface area contributed by atoms with Crippen molar-refractivity contribution < 1.29 is 0 Å². The Morgan fingerprint density at radius 1 is 1.18 bits per heavy atom. The van der Waals surface area contributed by atoms with Gasteiger partial charge < -0.3 is 0 Å². The van der Waals surface area contributed by atoms with Gasteiger partial charge in [0.15, 0.2) is 0 Å². The number of hydrogen-bond donors (Lipinski definition) is 0. The van der Waals surface area contributed by atoms with Crippen LogP contribution in [0.15, 0.2) is 36.8 Å². The Labute approximate surface area is 103 Å². The number of rotatable bonds is 1. The van der Waals surface area contributed by atoms with Crippen LogP contribution in [0.4, 0.5) is 0 Å². The zero-order valence-corrected chi connectivity index (χ0v) is 9.89. The van der Waals surface area contributed by atoms with Crippen LogP contribution in [0.1, 0.15) is 5.69 Å². The molecule has 3 rings (SSSR count). The summed E-state index contributed by atoms with van der Waals surface area (Å²) >= 11 is 5.86. The van der Waals surface area contributed by atoms with E-state index in [4.69, 9.17) is 11.6 Å². The molecule has 0 saturated heterocycles. The Morgan fingerprint density at radius 3 is 2.88 bits per heavy atom. The third-order valence-corrected chi connectivity index (χ3v) is 2.73. The highest BCUT2D eigenvalue weighted by molar-refractivity contribution is 6.29. The van der Waals surface area contributed by atoms with Crippen LogP contribution in [0.3, 0.4) is 0 Å².